The minimum absolute atomic E-state index is 0.170. The lowest BCUT2D eigenvalue weighted by Gasteiger charge is -2.28. The lowest BCUT2D eigenvalue weighted by molar-refractivity contribution is 0.220. The van der Waals surface area contributed by atoms with Crippen LogP contribution in [-0.2, 0) is 16.4 Å². The number of likely N-dealkylation sites (tertiary alicyclic amines) is 1. The Morgan fingerprint density at radius 1 is 1.20 bits per heavy atom. The molecule has 20 heavy (non-hydrogen) atoms. The first-order valence-corrected chi connectivity index (χ1v) is 8.90. The van der Waals surface area contributed by atoms with E-state index in [4.69, 9.17) is 0 Å². The third kappa shape index (κ3) is 5.23. The largest absolute Gasteiger partial charge is 0.306 e. The Kier molecular flexibility index (Phi) is 5.57. The summed E-state index contributed by atoms with van der Waals surface area (Å²) in [7, 11) is -1.04. The zero-order valence-electron chi connectivity index (χ0n) is 12.1. The third-order valence-electron chi connectivity index (χ3n) is 3.93. The molecule has 0 atom stereocenters. The van der Waals surface area contributed by atoms with E-state index in [1.165, 1.54) is 0 Å². The molecule has 5 heteroatoms. The lowest BCUT2D eigenvalue weighted by Crippen LogP contribution is -2.37. The molecule has 0 saturated carbocycles. The Hall–Kier alpha value is -0.910. The second kappa shape index (κ2) is 7.20. The molecule has 1 N–H and O–H groups in total. The Bertz CT molecular complexity index is 494. The van der Waals surface area contributed by atoms with Gasteiger partial charge in [0.05, 0.1) is 5.75 Å². The predicted molar refractivity (Wildman–Crippen MR) is 82.2 cm³/mol. The highest BCUT2D eigenvalue weighted by atomic mass is 32.2. The predicted octanol–water partition coefficient (Wildman–Crippen LogP) is 1.49. The summed E-state index contributed by atoms with van der Waals surface area (Å²) in [5, 5.41) is 0. The van der Waals surface area contributed by atoms with Crippen LogP contribution in [0.2, 0.25) is 0 Å². The first kappa shape index (κ1) is 15.5. The summed E-state index contributed by atoms with van der Waals surface area (Å²) in [5.41, 5.74) is 1.07. The van der Waals surface area contributed by atoms with E-state index in [2.05, 4.69) is 16.7 Å². The maximum Gasteiger partial charge on any atom is 0.211 e. The van der Waals surface area contributed by atoms with Crippen LogP contribution in [0.25, 0.3) is 0 Å². The van der Waals surface area contributed by atoms with Crippen LogP contribution in [0.15, 0.2) is 30.3 Å². The van der Waals surface area contributed by atoms with E-state index < -0.39 is 10.0 Å². The highest BCUT2D eigenvalue weighted by Gasteiger charge is 2.19. The van der Waals surface area contributed by atoms with Gasteiger partial charge >= 0.3 is 0 Å². The van der Waals surface area contributed by atoms with Gasteiger partial charge in [0.15, 0.2) is 0 Å². The molecule has 2 rings (SSSR count). The molecule has 0 unspecified atom stereocenters. The average molecular weight is 296 g/mol. The molecular formula is C15H24N2O2S. The molecule has 1 saturated heterocycles. The zero-order valence-corrected chi connectivity index (χ0v) is 12.9. The molecule has 0 radical (unpaired) electrons. The van der Waals surface area contributed by atoms with Crippen LogP contribution in [0, 0.1) is 5.92 Å². The number of aryl methyl sites for hydroxylation is 1. The van der Waals surface area contributed by atoms with Gasteiger partial charge < -0.3 is 4.90 Å². The van der Waals surface area contributed by atoms with Gasteiger partial charge in [-0.25, -0.2) is 13.1 Å². The van der Waals surface area contributed by atoms with Crippen molar-refractivity contribution in [3.63, 3.8) is 0 Å². The van der Waals surface area contributed by atoms with Gasteiger partial charge in [0, 0.05) is 6.54 Å². The van der Waals surface area contributed by atoms with E-state index in [1.807, 2.05) is 30.3 Å². The van der Waals surface area contributed by atoms with Crippen LogP contribution >= 0.6 is 0 Å². The summed E-state index contributed by atoms with van der Waals surface area (Å²) in [6.45, 7) is 2.72. The molecule has 0 spiro atoms. The lowest BCUT2D eigenvalue weighted by atomic mass is 9.98. The quantitative estimate of drug-likeness (QED) is 0.865. The van der Waals surface area contributed by atoms with Crippen LogP contribution in [-0.4, -0.2) is 45.8 Å². The Morgan fingerprint density at radius 2 is 1.85 bits per heavy atom. The van der Waals surface area contributed by atoms with E-state index in [9.17, 15) is 8.42 Å². The number of nitrogens with one attached hydrogen (secondary N) is 1. The molecule has 4 nitrogen and oxygen atoms in total. The molecule has 1 aliphatic rings. The topological polar surface area (TPSA) is 49.4 Å². The van der Waals surface area contributed by atoms with Crippen LogP contribution < -0.4 is 4.72 Å². The number of sulfonamides is 1. The SMILES string of the molecule is CN1CCC(CNS(=O)(=O)CCc2ccccc2)CC1. The molecule has 0 amide bonds. The molecule has 0 bridgehead atoms. The van der Waals surface area contributed by atoms with Gasteiger partial charge in [0.1, 0.15) is 0 Å². The maximum absolute atomic E-state index is 12.0. The van der Waals surface area contributed by atoms with Crippen molar-refractivity contribution >= 4 is 10.0 Å². The number of rotatable bonds is 6. The van der Waals surface area contributed by atoms with E-state index in [0.717, 1.165) is 31.5 Å². The maximum atomic E-state index is 12.0. The number of piperidine rings is 1. The fourth-order valence-corrected chi connectivity index (χ4v) is 3.62. The Balaban J connectivity index is 1.74. The van der Waals surface area contributed by atoms with Crippen molar-refractivity contribution in [2.45, 2.75) is 19.3 Å². The minimum atomic E-state index is -3.16. The highest BCUT2D eigenvalue weighted by molar-refractivity contribution is 7.89. The summed E-state index contributed by atoms with van der Waals surface area (Å²) in [5.74, 6) is 0.654. The molecule has 0 aromatic heterocycles. The van der Waals surface area contributed by atoms with E-state index in [-0.39, 0.29) is 5.75 Å². The van der Waals surface area contributed by atoms with Crippen LogP contribution in [0.4, 0.5) is 0 Å². The molecule has 112 valence electrons. The number of benzene rings is 1. The van der Waals surface area contributed by atoms with Gasteiger partial charge in [-0.3, -0.25) is 0 Å². The first-order valence-electron chi connectivity index (χ1n) is 7.25. The molecule has 0 aliphatic carbocycles. The summed E-state index contributed by atoms with van der Waals surface area (Å²) in [4.78, 5) is 2.29. The Morgan fingerprint density at radius 3 is 2.50 bits per heavy atom. The van der Waals surface area contributed by atoms with Crippen LogP contribution in [0.1, 0.15) is 18.4 Å². The van der Waals surface area contributed by atoms with Gasteiger partial charge in [0.25, 0.3) is 0 Å². The van der Waals surface area contributed by atoms with Crippen molar-refractivity contribution < 1.29 is 8.42 Å². The summed E-state index contributed by atoms with van der Waals surface area (Å²) in [6, 6.07) is 9.75. The number of hydrogen-bond acceptors (Lipinski definition) is 3. The first-order chi connectivity index (χ1) is 9.55. The average Bonchev–Trinajstić information content (AvgIpc) is 2.46. The molecule has 1 fully saturated rings. The van der Waals surface area contributed by atoms with Crippen molar-refractivity contribution in [1.29, 1.82) is 0 Å². The fourth-order valence-electron chi connectivity index (χ4n) is 2.48. The van der Waals surface area contributed by atoms with Gasteiger partial charge in [-0.05, 0) is 50.9 Å². The second-order valence-electron chi connectivity index (χ2n) is 5.65. The summed E-state index contributed by atoms with van der Waals surface area (Å²) in [6.07, 6.45) is 2.74. The standard InChI is InChI=1S/C15H24N2O2S/c1-17-10-7-15(8-11-17)13-16-20(18,19)12-9-14-5-3-2-4-6-14/h2-6,15-16H,7-13H2,1H3. The van der Waals surface area contributed by atoms with Crippen molar-refractivity contribution in [3.05, 3.63) is 35.9 Å². The van der Waals surface area contributed by atoms with Gasteiger partial charge in [-0.1, -0.05) is 30.3 Å². The van der Waals surface area contributed by atoms with Gasteiger partial charge in [0.2, 0.25) is 10.0 Å². The molecule has 1 aromatic carbocycles. The normalized spacial score (nSPS) is 18.2. The monoisotopic (exact) mass is 296 g/mol. The van der Waals surface area contributed by atoms with Crippen molar-refractivity contribution in [3.8, 4) is 0 Å². The van der Waals surface area contributed by atoms with Crippen molar-refractivity contribution in [1.82, 2.24) is 9.62 Å². The molecular weight excluding hydrogens is 272 g/mol. The summed E-state index contributed by atoms with van der Waals surface area (Å²) < 4.78 is 26.7. The molecule has 1 aliphatic heterocycles. The Labute approximate surface area is 122 Å². The highest BCUT2D eigenvalue weighted by Crippen LogP contribution is 2.15. The number of nitrogens with zero attached hydrogens (tertiary/aromatic N) is 1. The second-order valence-corrected chi connectivity index (χ2v) is 7.58. The molecule has 1 aromatic rings. The van der Waals surface area contributed by atoms with E-state index in [0.29, 0.717) is 18.9 Å². The van der Waals surface area contributed by atoms with Crippen LogP contribution in [0.5, 0.6) is 0 Å². The van der Waals surface area contributed by atoms with E-state index in [1.54, 1.807) is 0 Å². The third-order valence-corrected chi connectivity index (χ3v) is 5.28. The minimum Gasteiger partial charge on any atom is -0.306 e. The van der Waals surface area contributed by atoms with Crippen molar-refractivity contribution in [2.75, 3.05) is 32.4 Å². The zero-order chi connectivity index (χ0) is 14.4. The smallest absolute Gasteiger partial charge is 0.211 e. The fraction of sp³-hybridized carbons (Fsp3) is 0.600. The van der Waals surface area contributed by atoms with Crippen LogP contribution in [0.3, 0.4) is 0 Å². The van der Waals surface area contributed by atoms with Gasteiger partial charge in [-0.2, -0.15) is 0 Å². The van der Waals surface area contributed by atoms with Gasteiger partial charge in [-0.15, -0.1) is 0 Å². The van der Waals surface area contributed by atoms with Crippen molar-refractivity contribution in [2.24, 2.45) is 5.92 Å². The molecule has 1 heterocycles. The summed E-state index contributed by atoms with van der Waals surface area (Å²) >= 11 is 0. The number of hydrogen-bond donors (Lipinski definition) is 1. The van der Waals surface area contributed by atoms with E-state index >= 15 is 0 Å².